The Morgan fingerprint density at radius 2 is 1.79 bits per heavy atom. The lowest BCUT2D eigenvalue weighted by atomic mass is 10.0. The number of carbonyl (C=O) groups is 1. The molecule has 3 rings (SSSR count). The monoisotopic (exact) mass is 324 g/mol. The summed E-state index contributed by atoms with van der Waals surface area (Å²) >= 11 is 0. The van der Waals surface area contributed by atoms with Crippen LogP contribution in [0.2, 0.25) is 0 Å². The van der Waals surface area contributed by atoms with Crippen molar-refractivity contribution < 1.29 is 4.79 Å². The molecule has 2 heterocycles. The first-order chi connectivity index (χ1) is 11.6. The molecule has 0 fully saturated rings. The van der Waals surface area contributed by atoms with Crippen LogP contribution in [0.1, 0.15) is 25.0 Å². The van der Waals surface area contributed by atoms with Crippen LogP contribution in [-0.2, 0) is 24.2 Å². The molecule has 0 radical (unpaired) electrons. The molecule has 1 amide bonds. The van der Waals surface area contributed by atoms with E-state index in [0.29, 0.717) is 5.65 Å². The zero-order valence-corrected chi connectivity index (χ0v) is 13.8. The highest BCUT2D eigenvalue weighted by Gasteiger charge is 2.13. The summed E-state index contributed by atoms with van der Waals surface area (Å²) in [6.45, 7) is 4.00. The number of pyridine rings is 1. The quantitative estimate of drug-likeness (QED) is 0.783. The maximum atomic E-state index is 12.4. The molecule has 0 atom stereocenters. The zero-order chi connectivity index (χ0) is 17.1. The molecule has 0 saturated carbocycles. The predicted molar refractivity (Wildman–Crippen MR) is 93.3 cm³/mol. The molecule has 0 saturated heterocycles. The van der Waals surface area contributed by atoms with E-state index in [9.17, 15) is 9.59 Å². The fourth-order valence-electron chi connectivity index (χ4n) is 2.79. The Hall–Kier alpha value is -2.89. The van der Waals surface area contributed by atoms with Crippen molar-refractivity contribution in [1.82, 2.24) is 14.2 Å². The van der Waals surface area contributed by atoms with E-state index in [0.717, 1.165) is 29.7 Å². The summed E-state index contributed by atoms with van der Waals surface area (Å²) in [5.41, 5.74) is 3.23. The van der Waals surface area contributed by atoms with E-state index in [4.69, 9.17) is 0 Å². The number of aryl methyl sites for hydroxylation is 2. The molecular formula is C18H20N4O2. The standard InChI is InChI=1S/C18H20N4O2/c1-3-13-8-7-9-14(4-2)17(13)19-16(23)12-22-18(24)21-11-6-5-10-15(21)20-22/h5-11H,3-4,12H2,1-2H3,(H,19,23). The van der Waals surface area contributed by atoms with Crippen LogP contribution in [-0.4, -0.2) is 20.1 Å². The van der Waals surface area contributed by atoms with Crippen LogP contribution in [0.15, 0.2) is 47.4 Å². The molecular weight excluding hydrogens is 304 g/mol. The van der Waals surface area contributed by atoms with Crippen LogP contribution in [0.5, 0.6) is 0 Å². The van der Waals surface area contributed by atoms with Gasteiger partial charge in [-0.2, -0.15) is 0 Å². The van der Waals surface area contributed by atoms with Gasteiger partial charge in [0.1, 0.15) is 6.54 Å². The number of rotatable bonds is 5. The van der Waals surface area contributed by atoms with Crippen LogP contribution < -0.4 is 11.0 Å². The largest absolute Gasteiger partial charge is 0.350 e. The summed E-state index contributed by atoms with van der Waals surface area (Å²) in [6.07, 6.45) is 3.30. The number of amides is 1. The number of aromatic nitrogens is 3. The molecule has 3 aromatic rings. The lowest BCUT2D eigenvalue weighted by Gasteiger charge is -2.14. The van der Waals surface area contributed by atoms with Crippen molar-refractivity contribution in [2.45, 2.75) is 33.2 Å². The molecule has 24 heavy (non-hydrogen) atoms. The van der Waals surface area contributed by atoms with Crippen LogP contribution in [0.25, 0.3) is 5.65 Å². The van der Waals surface area contributed by atoms with Gasteiger partial charge in [-0.25, -0.2) is 9.48 Å². The van der Waals surface area contributed by atoms with Crippen molar-refractivity contribution in [2.75, 3.05) is 5.32 Å². The average Bonchev–Trinajstić information content (AvgIpc) is 2.91. The average molecular weight is 324 g/mol. The van der Waals surface area contributed by atoms with Crippen molar-refractivity contribution >= 4 is 17.2 Å². The summed E-state index contributed by atoms with van der Waals surface area (Å²) in [6, 6.07) is 11.3. The van der Waals surface area contributed by atoms with E-state index in [1.165, 1.54) is 9.08 Å². The molecule has 0 spiro atoms. The van der Waals surface area contributed by atoms with Crippen LogP contribution in [0.4, 0.5) is 5.69 Å². The van der Waals surface area contributed by atoms with Gasteiger partial charge < -0.3 is 5.32 Å². The molecule has 2 aromatic heterocycles. The lowest BCUT2D eigenvalue weighted by Crippen LogP contribution is -2.28. The van der Waals surface area contributed by atoms with Gasteiger partial charge in [-0.15, -0.1) is 5.10 Å². The number of fused-ring (bicyclic) bond motifs is 1. The Labute approximate surface area is 139 Å². The molecule has 6 nitrogen and oxygen atoms in total. The summed E-state index contributed by atoms with van der Waals surface area (Å²) < 4.78 is 2.61. The fraction of sp³-hybridized carbons (Fsp3) is 0.278. The molecule has 6 heteroatoms. The lowest BCUT2D eigenvalue weighted by molar-refractivity contribution is -0.117. The molecule has 0 aliphatic heterocycles. The SMILES string of the molecule is CCc1cccc(CC)c1NC(=O)Cn1nc2ccccn2c1=O. The summed E-state index contributed by atoms with van der Waals surface area (Å²) in [5.74, 6) is -0.254. The van der Waals surface area contributed by atoms with Gasteiger partial charge in [0.15, 0.2) is 5.65 Å². The number of benzene rings is 1. The minimum absolute atomic E-state index is 0.109. The normalized spacial score (nSPS) is 10.9. The third-order valence-electron chi connectivity index (χ3n) is 4.05. The van der Waals surface area contributed by atoms with E-state index >= 15 is 0 Å². The maximum Gasteiger partial charge on any atom is 0.350 e. The first-order valence-electron chi connectivity index (χ1n) is 8.08. The van der Waals surface area contributed by atoms with E-state index in [1.807, 2.05) is 18.2 Å². The van der Waals surface area contributed by atoms with Crippen molar-refractivity contribution in [2.24, 2.45) is 0 Å². The van der Waals surface area contributed by atoms with E-state index in [2.05, 4.69) is 24.3 Å². The Kier molecular flexibility index (Phi) is 4.46. The van der Waals surface area contributed by atoms with Gasteiger partial charge in [0.25, 0.3) is 0 Å². The van der Waals surface area contributed by atoms with Crippen molar-refractivity contribution in [3.05, 3.63) is 64.2 Å². The number of carbonyl (C=O) groups excluding carboxylic acids is 1. The highest BCUT2D eigenvalue weighted by Crippen LogP contribution is 2.22. The van der Waals surface area contributed by atoms with Gasteiger partial charge in [-0.3, -0.25) is 9.20 Å². The van der Waals surface area contributed by atoms with Crippen molar-refractivity contribution in [1.29, 1.82) is 0 Å². The number of hydrogen-bond acceptors (Lipinski definition) is 3. The molecule has 0 aliphatic rings. The summed E-state index contributed by atoms with van der Waals surface area (Å²) in [4.78, 5) is 24.7. The van der Waals surface area contributed by atoms with Crippen molar-refractivity contribution in [3.63, 3.8) is 0 Å². The maximum absolute atomic E-state index is 12.4. The van der Waals surface area contributed by atoms with Gasteiger partial charge in [0.05, 0.1) is 0 Å². The molecule has 0 bridgehead atoms. The minimum atomic E-state index is -0.319. The van der Waals surface area contributed by atoms with Crippen LogP contribution >= 0.6 is 0 Å². The van der Waals surface area contributed by atoms with Gasteiger partial charge in [0, 0.05) is 11.9 Å². The second kappa shape index (κ2) is 6.70. The molecule has 0 unspecified atom stereocenters. The second-order valence-electron chi connectivity index (χ2n) is 5.58. The van der Waals surface area contributed by atoms with Gasteiger partial charge in [0.2, 0.25) is 5.91 Å². The smallest absolute Gasteiger partial charge is 0.324 e. The predicted octanol–water partition coefficient (Wildman–Crippen LogP) is 2.26. The second-order valence-corrected chi connectivity index (χ2v) is 5.58. The first kappa shape index (κ1) is 16.0. The summed E-state index contributed by atoms with van der Waals surface area (Å²) in [5, 5.41) is 7.14. The van der Waals surface area contributed by atoms with Gasteiger partial charge in [-0.05, 0) is 36.1 Å². The van der Waals surface area contributed by atoms with E-state index in [1.54, 1.807) is 24.4 Å². The molecule has 1 aromatic carbocycles. The Morgan fingerprint density at radius 1 is 1.08 bits per heavy atom. The zero-order valence-electron chi connectivity index (χ0n) is 13.8. The topological polar surface area (TPSA) is 68.4 Å². The third-order valence-corrected chi connectivity index (χ3v) is 4.05. The highest BCUT2D eigenvalue weighted by atomic mass is 16.2. The Balaban J connectivity index is 1.86. The van der Waals surface area contributed by atoms with E-state index < -0.39 is 0 Å². The third kappa shape index (κ3) is 2.95. The number of para-hydroxylation sites is 1. The van der Waals surface area contributed by atoms with Gasteiger partial charge >= 0.3 is 5.69 Å². The summed E-state index contributed by atoms with van der Waals surface area (Å²) in [7, 11) is 0. The number of hydrogen-bond donors (Lipinski definition) is 1. The number of nitrogens with one attached hydrogen (secondary N) is 1. The van der Waals surface area contributed by atoms with Gasteiger partial charge in [-0.1, -0.05) is 38.1 Å². The number of nitrogens with zero attached hydrogens (tertiary/aromatic N) is 3. The van der Waals surface area contributed by atoms with Crippen LogP contribution in [0, 0.1) is 0 Å². The minimum Gasteiger partial charge on any atom is -0.324 e. The first-order valence-corrected chi connectivity index (χ1v) is 8.08. The van der Waals surface area contributed by atoms with Crippen molar-refractivity contribution in [3.8, 4) is 0 Å². The number of anilines is 1. The highest BCUT2D eigenvalue weighted by molar-refractivity contribution is 5.92. The molecule has 1 N–H and O–H groups in total. The van der Waals surface area contributed by atoms with Crippen LogP contribution in [0.3, 0.4) is 0 Å². The van der Waals surface area contributed by atoms with E-state index in [-0.39, 0.29) is 18.1 Å². The fourth-order valence-corrected chi connectivity index (χ4v) is 2.79. The molecule has 0 aliphatic carbocycles. The Morgan fingerprint density at radius 3 is 2.42 bits per heavy atom. The Bertz CT molecular complexity index is 917. The molecule has 124 valence electrons.